The molecule has 0 radical (unpaired) electrons. The van der Waals surface area contributed by atoms with Crippen molar-refractivity contribution in [2.24, 2.45) is 0 Å². The summed E-state index contributed by atoms with van der Waals surface area (Å²) in [6, 6.07) is 37.3. The van der Waals surface area contributed by atoms with E-state index in [2.05, 4.69) is 18.2 Å². The van der Waals surface area contributed by atoms with E-state index in [9.17, 15) is 10.1 Å². The van der Waals surface area contributed by atoms with Crippen LogP contribution in [0.15, 0.2) is 120 Å². The lowest BCUT2D eigenvalue weighted by Crippen LogP contribution is -1.93. The lowest BCUT2D eigenvalue weighted by molar-refractivity contribution is -0.384. The first-order valence-corrected chi connectivity index (χ1v) is 11.0. The topological polar surface area (TPSA) is 56.3 Å². The Balaban J connectivity index is 1.58. The number of benzene rings is 5. The largest absolute Gasteiger partial charge is 0.455 e. The Kier molecular flexibility index (Phi) is 4.70. The molecule has 0 saturated carbocycles. The van der Waals surface area contributed by atoms with E-state index in [-0.39, 0.29) is 10.6 Å². The number of furan rings is 1. The Morgan fingerprint density at radius 1 is 0.559 bits per heavy atom. The van der Waals surface area contributed by atoms with Gasteiger partial charge >= 0.3 is 0 Å². The molecule has 0 bridgehead atoms. The monoisotopic (exact) mass is 441 g/mol. The summed E-state index contributed by atoms with van der Waals surface area (Å²) in [4.78, 5) is 11.6. The summed E-state index contributed by atoms with van der Waals surface area (Å²) in [5, 5.41) is 13.8. The van der Waals surface area contributed by atoms with E-state index in [1.165, 1.54) is 0 Å². The standard InChI is InChI=1S/C30H19NO3/c32-31(33)28-16-14-22(20-8-3-1-4-9-20)18-26(28)24-12-7-13-25-27-19-23(21-10-5-2-6-11-21)15-17-29(27)34-30(24)25/h1-19H. The molecule has 0 fully saturated rings. The van der Waals surface area contributed by atoms with Gasteiger partial charge in [-0.2, -0.15) is 0 Å². The van der Waals surface area contributed by atoms with Gasteiger partial charge in [-0.1, -0.05) is 84.9 Å². The van der Waals surface area contributed by atoms with Gasteiger partial charge in [-0.25, -0.2) is 0 Å². The third-order valence-electron chi connectivity index (χ3n) is 6.19. The van der Waals surface area contributed by atoms with Crippen molar-refractivity contribution in [1.82, 2.24) is 0 Å². The van der Waals surface area contributed by atoms with Gasteiger partial charge < -0.3 is 4.42 Å². The van der Waals surface area contributed by atoms with Crippen molar-refractivity contribution in [2.45, 2.75) is 0 Å². The van der Waals surface area contributed by atoms with E-state index in [0.29, 0.717) is 16.7 Å². The summed E-state index contributed by atoms with van der Waals surface area (Å²) in [6.07, 6.45) is 0. The van der Waals surface area contributed by atoms with Crippen LogP contribution in [0, 0.1) is 10.1 Å². The molecule has 0 aliphatic rings. The zero-order valence-corrected chi connectivity index (χ0v) is 18.1. The molecule has 0 amide bonds. The van der Waals surface area contributed by atoms with E-state index in [1.54, 1.807) is 12.1 Å². The first-order chi connectivity index (χ1) is 16.7. The number of nitro benzene ring substituents is 1. The third kappa shape index (κ3) is 3.33. The minimum Gasteiger partial charge on any atom is -0.455 e. The third-order valence-corrected chi connectivity index (χ3v) is 6.19. The average molecular weight is 441 g/mol. The number of nitrogens with zero attached hydrogens (tertiary/aromatic N) is 1. The molecule has 0 spiro atoms. The van der Waals surface area contributed by atoms with Crippen LogP contribution in [0.2, 0.25) is 0 Å². The fourth-order valence-electron chi connectivity index (χ4n) is 4.54. The highest BCUT2D eigenvalue weighted by Crippen LogP contribution is 2.41. The molecule has 5 aromatic carbocycles. The molecule has 34 heavy (non-hydrogen) atoms. The summed E-state index contributed by atoms with van der Waals surface area (Å²) in [5.41, 5.74) is 6.85. The van der Waals surface area contributed by atoms with E-state index in [1.807, 2.05) is 84.9 Å². The van der Waals surface area contributed by atoms with Crippen LogP contribution in [-0.2, 0) is 0 Å². The van der Waals surface area contributed by atoms with Crippen LogP contribution in [-0.4, -0.2) is 4.92 Å². The second-order valence-electron chi connectivity index (χ2n) is 8.22. The molecule has 4 heteroatoms. The van der Waals surface area contributed by atoms with Gasteiger partial charge in [0.2, 0.25) is 0 Å². The maximum absolute atomic E-state index is 11.9. The van der Waals surface area contributed by atoms with Crippen LogP contribution in [0.5, 0.6) is 0 Å². The number of hydrogen-bond donors (Lipinski definition) is 0. The number of nitro groups is 1. The summed E-state index contributed by atoms with van der Waals surface area (Å²) in [7, 11) is 0. The minimum absolute atomic E-state index is 0.0533. The molecule has 1 heterocycles. The quantitative estimate of drug-likeness (QED) is 0.203. The molecule has 6 rings (SSSR count). The first kappa shape index (κ1) is 19.9. The smallest absolute Gasteiger partial charge is 0.277 e. The highest BCUT2D eigenvalue weighted by Gasteiger charge is 2.21. The molecular formula is C30H19NO3. The van der Waals surface area contributed by atoms with Crippen molar-refractivity contribution in [2.75, 3.05) is 0 Å². The molecule has 0 N–H and O–H groups in total. The summed E-state index contributed by atoms with van der Waals surface area (Å²) in [6.45, 7) is 0. The molecule has 162 valence electrons. The molecule has 0 aliphatic carbocycles. The summed E-state index contributed by atoms with van der Waals surface area (Å²) < 4.78 is 6.29. The lowest BCUT2D eigenvalue weighted by Gasteiger charge is -2.08. The van der Waals surface area contributed by atoms with Crippen LogP contribution in [0.4, 0.5) is 5.69 Å². The van der Waals surface area contributed by atoms with Gasteiger partial charge in [-0.15, -0.1) is 0 Å². The van der Waals surface area contributed by atoms with Crippen LogP contribution in [0.1, 0.15) is 0 Å². The van der Waals surface area contributed by atoms with Gasteiger partial charge in [0.15, 0.2) is 0 Å². The second-order valence-corrected chi connectivity index (χ2v) is 8.22. The lowest BCUT2D eigenvalue weighted by atomic mass is 9.96. The average Bonchev–Trinajstić information content (AvgIpc) is 3.27. The highest BCUT2D eigenvalue weighted by atomic mass is 16.6. The fourth-order valence-corrected chi connectivity index (χ4v) is 4.54. The Labute approximate surface area is 195 Å². The number of fused-ring (bicyclic) bond motifs is 3. The minimum atomic E-state index is -0.334. The van der Waals surface area contributed by atoms with Gasteiger partial charge in [0.25, 0.3) is 5.69 Å². The van der Waals surface area contributed by atoms with Gasteiger partial charge in [0.1, 0.15) is 11.2 Å². The molecular weight excluding hydrogens is 422 g/mol. The second kappa shape index (κ2) is 8.01. The Bertz CT molecular complexity index is 1670. The molecule has 0 unspecified atom stereocenters. The Morgan fingerprint density at radius 2 is 1.21 bits per heavy atom. The van der Waals surface area contributed by atoms with Crippen LogP contribution < -0.4 is 0 Å². The van der Waals surface area contributed by atoms with Crippen molar-refractivity contribution in [1.29, 1.82) is 0 Å². The number of hydrogen-bond acceptors (Lipinski definition) is 3. The van der Waals surface area contributed by atoms with Gasteiger partial charge in [-0.05, 0) is 46.5 Å². The normalized spacial score (nSPS) is 11.2. The van der Waals surface area contributed by atoms with E-state index in [4.69, 9.17) is 4.42 Å². The zero-order valence-electron chi connectivity index (χ0n) is 18.1. The predicted molar refractivity (Wildman–Crippen MR) is 137 cm³/mol. The van der Waals surface area contributed by atoms with E-state index < -0.39 is 0 Å². The Hall–Kier alpha value is -4.70. The highest BCUT2D eigenvalue weighted by molar-refractivity contribution is 6.11. The van der Waals surface area contributed by atoms with Crippen molar-refractivity contribution in [3.63, 3.8) is 0 Å². The first-order valence-electron chi connectivity index (χ1n) is 11.0. The fraction of sp³-hybridized carbons (Fsp3) is 0. The number of rotatable bonds is 4. The van der Waals surface area contributed by atoms with Crippen molar-refractivity contribution in [3.05, 3.63) is 125 Å². The van der Waals surface area contributed by atoms with Crippen molar-refractivity contribution >= 4 is 27.6 Å². The molecule has 4 nitrogen and oxygen atoms in total. The molecule has 1 aromatic heterocycles. The molecule has 0 saturated heterocycles. The maximum Gasteiger partial charge on any atom is 0.277 e. The van der Waals surface area contributed by atoms with Crippen LogP contribution in [0.25, 0.3) is 55.3 Å². The van der Waals surface area contributed by atoms with Gasteiger partial charge in [0, 0.05) is 22.4 Å². The molecule has 6 aromatic rings. The molecule has 0 aliphatic heterocycles. The van der Waals surface area contributed by atoms with E-state index in [0.717, 1.165) is 38.6 Å². The maximum atomic E-state index is 11.9. The van der Waals surface area contributed by atoms with Crippen LogP contribution in [0.3, 0.4) is 0 Å². The van der Waals surface area contributed by atoms with Gasteiger partial charge in [0.05, 0.1) is 10.5 Å². The predicted octanol–water partition coefficient (Wildman–Crippen LogP) is 8.50. The van der Waals surface area contributed by atoms with E-state index >= 15 is 0 Å². The molecule has 0 atom stereocenters. The summed E-state index contributed by atoms with van der Waals surface area (Å²) in [5.74, 6) is 0. The van der Waals surface area contributed by atoms with Crippen molar-refractivity contribution in [3.8, 4) is 33.4 Å². The van der Waals surface area contributed by atoms with Crippen molar-refractivity contribution < 1.29 is 9.34 Å². The SMILES string of the molecule is O=[N+]([O-])c1ccc(-c2ccccc2)cc1-c1cccc2c1oc1ccc(-c3ccccc3)cc12. The summed E-state index contributed by atoms with van der Waals surface area (Å²) >= 11 is 0. The van der Waals surface area contributed by atoms with Crippen LogP contribution >= 0.6 is 0 Å². The zero-order chi connectivity index (χ0) is 23.1. The number of para-hydroxylation sites is 1. The Morgan fingerprint density at radius 3 is 1.88 bits per heavy atom. The van der Waals surface area contributed by atoms with Gasteiger partial charge in [-0.3, -0.25) is 10.1 Å².